The number of imide groups is 1. The Kier molecular flexibility index (Phi) is 5.63. The summed E-state index contributed by atoms with van der Waals surface area (Å²) in [4.78, 5) is 37.4. The second-order valence-corrected chi connectivity index (χ2v) is 6.08. The van der Waals surface area contributed by atoms with E-state index in [0.717, 1.165) is 6.42 Å². The molecule has 0 spiro atoms. The number of nitrogens with zero attached hydrogens (tertiary/aromatic N) is 1. The van der Waals surface area contributed by atoms with Gasteiger partial charge in [-0.05, 0) is 30.5 Å². The number of rotatable bonds is 7. The van der Waals surface area contributed by atoms with Crippen LogP contribution in [0.1, 0.15) is 32.7 Å². The topological polar surface area (TPSA) is 78.5 Å². The fourth-order valence-corrected chi connectivity index (χ4v) is 2.91. The lowest BCUT2D eigenvalue weighted by atomic mass is 10.1. The third-order valence-electron chi connectivity index (χ3n) is 4.26. The molecule has 0 radical (unpaired) electrons. The molecule has 3 rings (SSSR count). The third-order valence-corrected chi connectivity index (χ3v) is 4.26. The zero-order chi connectivity index (χ0) is 18.4. The van der Waals surface area contributed by atoms with Crippen LogP contribution >= 0.6 is 0 Å². The highest BCUT2D eigenvalue weighted by molar-refractivity contribution is 6.21. The number of hydrogen-bond acceptors (Lipinski definition) is 3. The quantitative estimate of drug-likeness (QED) is 0.593. The van der Waals surface area contributed by atoms with Crippen LogP contribution in [0.15, 0.2) is 54.6 Å². The Bertz CT molecular complexity index is 770. The summed E-state index contributed by atoms with van der Waals surface area (Å²) in [6, 6.07) is 16.5. The number of carbonyl (C=O) groups is 3. The van der Waals surface area contributed by atoms with Gasteiger partial charge >= 0.3 is 6.03 Å². The molecule has 6 nitrogen and oxygen atoms in total. The maximum Gasteiger partial charge on any atom is 0.314 e. The molecule has 1 aliphatic heterocycles. The summed E-state index contributed by atoms with van der Waals surface area (Å²) in [6.45, 7) is 1.23. The van der Waals surface area contributed by atoms with Crippen molar-refractivity contribution in [1.29, 1.82) is 0 Å². The Morgan fingerprint density at radius 3 is 2.04 bits per heavy atom. The molecule has 0 fully saturated rings. The molecule has 2 aromatic rings. The highest BCUT2D eigenvalue weighted by Crippen LogP contribution is 2.22. The van der Waals surface area contributed by atoms with Crippen LogP contribution in [0.25, 0.3) is 0 Å². The van der Waals surface area contributed by atoms with Crippen LogP contribution in [-0.4, -0.2) is 42.4 Å². The summed E-state index contributed by atoms with van der Waals surface area (Å²) in [5.41, 5.74) is 2.06. The molecule has 1 aliphatic rings. The second kappa shape index (κ2) is 8.29. The van der Waals surface area contributed by atoms with E-state index in [4.69, 9.17) is 0 Å². The predicted octanol–water partition coefficient (Wildman–Crippen LogP) is 2.21. The smallest absolute Gasteiger partial charge is 0.314 e. The van der Waals surface area contributed by atoms with Gasteiger partial charge in [0, 0.05) is 19.6 Å². The van der Waals surface area contributed by atoms with Gasteiger partial charge in [-0.3, -0.25) is 14.5 Å². The van der Waals surface area contributed by atoms with Crippen LogP contribution < -0.4 is 10.6 Å². The first-order valence-corrected chi connectivity index (χ1v) is 8.67. The first-order valence-electron chi connectivity index (χ1n) is 8.67. The van der Waals surface area contributed by atoms with Crippen LogP contribution in [-0.2, 0) is 6.42 Å². The predicted molar refractivity (Wildman–Crippen MR) is 98.0 cm³/mol. The van der Waals surface area contributed by atoms with Gasteiger partial charge in [-0.2, -0.15) is 0 Å². The van der Waals surface area contributed by atoms with Crippen molar-refractivity contribution < 1.29 is 14.4 Å². The van der Waals surface area contributed by atoms with Crippen molar-refractivity contribution in [3.05, 3.63) is 71.3 Å². The minimum atomic E-state index is -0.266. The van der Waals surface area contributed by atoms with Crippen LogP contribution in [0.3, 0.4) is 0 Å². The lowest BCUT2D eigenvalue weighted by molar-refractivity contribution is 0.0653. The highest BCUT2D eigenvalue weighted by atomic mass is 16.2. The van der Waals surface area contributed by atoms with Gasteiger partial charge in [0.1, 0.15) is 0 Å². The van der Waals surface area contributed by atoms with E-state index in [1.54, 1.807) is 24.3 Å². The van der Waals surface area contributed by atoms with Crippen LogP contribution in [0.5, 0.6) is 0 Å². The van der Waals surface area contributed by atoms with Gasteiger partial charge in [0.25, 0.3) is 11.8 Å². The van der Waals surface area contributed by atoms with E-state index >= 15 is 0 Å². The second-order valence-electron chi connectivity index (χ2n) is 6.08. The van der Waals surface area contributed by atoms with Gasteiger partial charge in [0.05, 0.1) is 11.1 Å². The first-order chi connectivity index (χ1) is 12.7. The van der Waals surface area contributed by atoms with E-state index in [-0.39, 0.29) is 24.4 Å². The van der Waals surface area contributed by atoms with Crippen molar-refractivity contribution in [2.75, 3.05) is 19.6 Å². The third kappa shape index (κ3) is 4.08. The van der Waals surface area contributed by atoms with Gasteiger partial charge in [0.15, 0.2) is 0 Å². The van der Waals surface area contributed by atoms with Crippen LogP contribution in [0.4, 0.5) is 4.79 Å². The lowest BCUT2D eigenvalue weighted by Crippen LogP contribution is -2.38. The van der Waals surface area contributed by atoms with E-state index in [2.05, 4.69) is 10.6 Å². The molecule has 4 amide bonds. The van der Waals surface area contributed by atoms with Crippen molar-refractivity contribution in [2.24, 2.45) is 0 Å². The maximum absolute atomic E-state index is 12.2. The number of benzene rings is 2. The van der Waals surface area contributed by atoms with Gasteiger partial charge in [-0.15, -0.1) is 0 Å². The van der Waals surface area contributed by atoms with Gasteiger partial charge < -0.3 is 10.6 Å². The van der Waals surface area contributed by atoms with Crippen molar-refractivity contribution >= 4 is 17.8 Å². The fraction of sp³-hybridized carbons (Fsp3) is 0.250. The molecule has 0 aliphatic carbocycles. The molecule has 2 aromatic carbocycles. The van der Waals surface area contributed by atoms with Gasteiger partial charge in [-0.25, -0.2) is 4.79 Å². The molecule has 134 valence electrons. The summed E-state index contributed by atoms with van der Waals surface area (Å²) in [5, 5.41) is 5.54. The van der Waals surface area contributed by atoms with Crippen LogP contribution in [0.2, 0.25) is 0 Å². The van der Waals surface area contributed by atoms with Crippen molar-refractivity contribution in [3.8, 4) is 0 Å². The number of urea groups is 1. The molecule has 0 saturated heterocycles. The normalized spacial score (nSPS) is 12.8. The average Bonchev–Trinajstić information content (AvgIpc) is 2.91. The SMILES string of the molecule is O=C(NCCCN1C(=O)c2ccccc2C1=O)NCCc1ccccc1. The van der Waals surface area contributed by atoms with Gasteiger partial charge in [0.2, 0.25) is 0 Å². The summed E-state index contributed by atoms with van der Waals surface area (Å²) in [7, 11) is 0. The zero-order valence-electron chi connectivity index (χ0n) is 14.4. The van der Waals surface area contributed by atoms with Crippen LogP contribution in [0, 0.1) is 0 Å². The molecule has 2 N–H and O–H groups in total. The number of nitrogens with one attached hydrogen (secondary N) is 2. The van der Waals surface area contributed by atoms with E-state index in [9.17, 15) is 14.4 Å². The zero-order valence-corrected chi connectivity index (χ0v) is 14.4. The van der Waals surface area contributed by atoms with Gasteiger partial charge in [-0.1, -0.05) is 42.5 Å². The Labute approximate surface area is 152 Å². The molecular formula is C20H21N3O3. The first kappa shape index (κ1) is 17.7. The Morgan fingerprint density at radius 2 is 1.38 bits per heavy atom. The minimum Gasteiger partial charge on any atom is -0.338 e. The number of fused-ring (bicyclic) bond motifs is 1. The maximum atomic E-state index is 12.2. The summed E-state index contributed by atoms with van der Waals surface area (Å²) in [5.74, 6) is -0.532. The lowest BCUT2D eigenvalue weighted by Gasteiger charge is -2.14. The number of carbonyl (C=O) groups excluding carboxylic acids is 3. The standard InChI is InChI=1S/C20H21N3O3/c24-18-16-9-4-5-10-17(16)19(25)23(18)14-6-12-21-20(26)22-13-11-15-7-2-1-3-8-15/h1-5,7-10H,6,11-14H2,(H2,21,22,26). The summed E-state index contributed by atoms with van der Waals surface area (Å²) < 4.78 is 0. The van der Waals surface area contributed by atoms with E-state index in [0.29, 0.717) is 30.6 Å². The Morgan fingerprint density at radius 1 is 0.808 bits per heavy atom. The fourth-order valence-electron chi connectivity index (χ4n) is 2.91. The molecule has 26 heavy (non-hydrogen) atoms. The van der Waals surface area contributed by atoms with Crippen molar-refractivity contribution in [2.45, 2.75) is 12.8 Å². The van der Waals surface area contributed by atoms with Crippen molar-refractivity contribution in [3.63, 3.8) is 0 Å². The number of hydrogen-bond donors (Lipinski definition) is 2. The Balaban J connectivity index is 1.35. The number of amides is 4. The average molecular weight is 351 g/mol. The molecule has 0 aromatic heterocycles. The largest absolute Gasteiger partial charge is 0.338 e. The van der Waals surface area contributed by atoms with E-state index in [1.165, 1.54) is 10.5 Å². The molecule has 6 heteroatoms. The van der Waals surface area contributed by atoms with E-state index < -0.39 is 0 Å². The van der Waals surface area contributed by atoms with Crippen molar-refractivity contribution in [1.82, 2.24) is 15.5 Å². The monoisotopic (exact) mass is 351 g/mol. The van der Waals surface area contributed by atoms with E-state index in [1.807, 2.05) is 30.3 Å². The summed E-state index contributed by atoms with van der Waals surface area (Å²) >= 11 is 0. The molecule has 0 atom stereocenters. The Hall–Kier alpha value is -3.15. The molecule has 1 heterocycles. The molecule has 0 saturated carbocycles. The molecule has 0 unspecified atom stereocenters. The summed E-state index contributed by atoms with van der Waals surface area (Å²) in [6.07, 6.45) is 1.28. The molecule has 0 bridgehead atoms. The highest BCUT2D eigenvalue weighted by Gasteiger charge is 2.34. The molecular weight excluding hydrogens is 330 g/mol. The minimum absolute atomic E-state index is 0.247.